The van der Waals surface area contributed by atoms with E-state index in [4.69, 9.17) is 10.4 Å². The van der Waals surface area contributed by atoms with Crippen LogP contribution in [0.25, 0.3) is 0 Å². The van der Waals surface area contributed by atoms with Crippen LogP contribution in [0.5, 0.6) is 0 Å². The summed E-state index contributed by atoms with van der Waals surface area (Å²) >= 11 is 1.60. The molecule has 2 aliphatic rings. The van der Waals surface area contributed by atoms with Crippen molar-refractivity contribution in [2.24, 2.45) is 9.98 Å². The number of rotatable bonds is 5. The van der Waals surface area contributed by atoms with Crippen molar-refractivity contribution in [3.63, 3.8) is 0 Å². The second-order valence-electron chi connectivity index (χ2n) is 6.69. The van der Waals surface area contributed by atoms with E-state index in [1.54, 1.807) is 11.8 Å². The van der Waals surface area contributed by atoms with Gasteiger partial charge >= 0.3 is 0 Å². The zero-order chi connectivity index (χ0) is 19.5. The van der Waals surface area contributed by atoms with Crippen LogP contribution >= 0.6 is 11.8 Å². The summed E-state index contributed by atoms with van der Waals surface area (Å²) in [7, 11) is 0. The zero-order valence-corrected chi connectivity index (χ0v) is 16.4. The minimum atomic E-state index is 0.625. The number of allylic oxidation sites excluding steroid dienone is 1. The van der Waals surface area contributed by atoms with Gasteiger partial charge in [-0.25, -0.2) is 4.99 Å². The summed E-state index contributed by atoms with van der Waals surface area (Å²) in [5, 5.41) is 14.9. The minimum absolute atomic E-state index is 0.625. The highest BCUT2D eigenvalue weighted by Crippen LogP contribution is 2.29. The summed E-state index contributed by atoms with van der Waals surface area (Å²) in [6.45, 7) is 6.15. The number of para-hydroxylation sites is 1. The number of thioether (sulfide) groups is 1. The van der Waals surface area contributed by atoms with Crippen LogP contribution in [-0.4, -0.2) is 22.8 Å². The highest BCUT2D eigenvalue weighted by Gasteiger charge is 2.20. The van der Waals surface area contributed by atoms with E-state index < -0.39 is 0 Å². The predicted octanol–water partition coefficient (Wildman–Crippen LogP) is 4.80. The molecule has 5 nitrogen and oxygen atoms in total. The lowest BCUT2D eigenvalue weighted by atomic mass is 10.1. The molecular formula is C22H21N5S. The quantitative estimate of drug-likeness (QED) is 0.645. The van der Waals surface area contributed by atoms with E-state index in [0.717, 1.165) is 34.4 Å². The first-order valence-electron chi connectivity index (χ1n) is 9.03. The van der Waals surface area contributed by atoms with E-state index in [1.165, 1.54) is 17.3 Å². The Labute approximate surface area is 168 Å². The second-order valence-corrected chi connectivity index (χ2v) is 7.66. The first-order valence-corrected chi connectivity index (χ1v) is 10.0. The third-order valence-corrected chi connectivity index (χ3v) is 5.46. The molecule has 28 heavy (non-hydrogen) atoms. The Morgan fingerprint density at radius 3 is 2.82 bits per heavy atom. The normalized spacial score (nSPS) is 15.5. The molecule has 2 aliphatic heterocycles. The number of fused-ring (bicyclic) bond motifs is 1. The fourth-order valence-corrected chi connectivity index (χ4v) is 3.96. The molecule has 2 aromatic rings. The first kappa shape index (κ1) is 18.3. The second kappa shape index (κ2) is 7.86. The van der Waals surface area contributed by atoms with Crippen LogP contribution in [0, 0.1) is 12.3 Å². The van der Waals surface area contributed by atoms with Crippen LogP contribution in [0.3, 0.4) is 0 Å². The van der Waals surface area contributed by atoms with E-state index in [1.807, 2.05) is 30.3 Å². The summed E-state index contributed by atoms with van der Waals surface area (Å²) < 4.78 is 0. The number of hydrogen-bond acceptors (Lipinski definition) is 6. The molecule has 0 atom stereocenters. The molecule has 0 amide bonds. The molecule has 4 rings (SSSR count). The maximum Gasteiger partial charge on any atom is 0.168 e. The standard InChI is InChI=1S/C22H21N5S/c1-14-8-9-20-16(10-14)11-18(25-20)13-28-22-24-15(2)19(12-23)21(27-22)26-17-6-4-3-5-7-17/h3-10,12,23,26H,2,11,13H2,1H3,(H,24,27). The predicted molar refractivity (Wildman–Crippen MR) is 120 cm³/mol. The maximum atomic E-state index is 7.70. The molecule has 0 radical (unpaired) electrons. The molecular weight excluding hydrogens is 366 g/mol. The van der Waals surface area contributed by atoms with Gasteiger partial charge in [0.05, 0.1) is 11.3 Å². The third kappa shape index (κ3) is 3.92. The van der Waals surface area contributed by atoms with Crippen molar-refractivity contribution in [1.29, 1.82) is 5.41 Å². The van der Waals surface area contributed by atoms with E-state index >= 15 is 0 Å². The molecule has 2 heterocycles. The molecule has 0 aromatic heterocycles. The summed E-state index contributed by atoms with van der Waals surface area (Å²) in [5.74, 6) is 1.38. The molecule has 3 N–H and O–H groups in total. The van der Waals surface area contributed by atoms with Gasteiger partial charge in [0.2, 0.25) is 0 Å². The first-order chi connectivity index (χ1) is 13.6. The van der Waals surface area contributed by atoms with E-state index in [-0.39, 0.29) is 0 Å². The molecule has 2 aromatic carbocycles. The molecule has 140 valence electrons. The van der Waals surface area contributed by atoms with Gasteiger partial charge in [-0.2, -0.15) is 0 Å². The molecule has 0 saturated carbocycles. The lowest BCUT2D eigenvalue weighted by Gasteiger charge is -2.21. The molecule has 6 heteroatoms. The number of aryl methyl sites for hydroxylation is 1. The van der Waals surface area contributed by atoms with Crippen LogP contribution in [0.1, 0.15) is 11.1 Å². The van der Waals surface area contributed by atoms with Crippen LogP contribution in [-0.2, 0) is 6.42 Å². The highest BCUT2D eigenvalue weighted by molar-refractivity contribution is 8.14. The number of amidine groups is 1. The summed E-state index contributed by atoms with van der Waals surface area (Å²) in [6.07, 6.45) is 2.15. The van der Waals surface area contributed by atoms with Gasteiger partial charge in [0.25, 0.3) is 0 Å². The number of nitrogens with zero attached hydrogens (tertiary/aromatic N) is 2. The number of aliphatic imine (C=N–C) groups is 2. The molecule has 0 aliphatic carbocycles. The maximum absolute atomic E-state index is 7.70. The fourth-order valence-electron chi connectivity index (χ4n) is 3.14. The van der Waals surface area contributed by atoms with E-state index in [2.05, 4.69) is 47.3 Å². The summed E-state index contributed by atoms with van der Waals surface area (Å²) in [5.41, 5.74) is 6.99. The van der Waals surface area contributed by atoms with Crippen molar-refractivity contribution in [3.8, 4) is 0 Å². The number of nitrogens with one attached hydrogen (secondary N) is 3. The Kier molecular flexibility index (Phi) is 5.12. The van der Waals surface area contributed by atoms with Crippen molar-refractivity contribution < 1.29 is 0 Å². The topological polar surface area (TPSA) is 72.6 Å². The van der Waals surface area contributed by atoms with Crippen LogP contribution in [0.4, 0.5) is 11.4 Å². The molecule has 0 fully saturated rings. The van der Waals surface area contributed by atoms with Crippen molar-refractivity contribution in [3.05, 3.63) is 83.3 Å². The highest BCUT2D eigenvalue weighted by atomic mass is 32.2. The van der Waals surface area contributed by atoms with E-state index in [9.17, 15) is 0 Å². The van der Waals surface area contributed by atoms with Gasteiger partial charge in [-0.15, -0.1) is 0 Å². The van der Waals surface area contributed by atoms with Crippen molar-refractivity contribution >= 4 is 40.2 Å². The summed E-state index contributed by atoms with van der Waals surface area (Å²) in [6, 6.07) is 16.2. The Hall–Kier alpha value is -3.12. The Bertz CT molecular complexity index is 1030. The lowest BCUT2D eigenvalue weighted by molar-refractivity contribution is 1.10. The Morgan fingerprint density at radius 1 is 1.21 bits per heavy atom. The zero-order valence-electron chi connectivity index (χ0n) is 15.6. The van der Waals surface area contributed by atoms with Crippen molar-refractivity contribution in [1.82, 2.24) is 5.32 Å². The average molecular weight is 388 g/mol. The number of anilines is 1. The third-order valence-electron chi connectivity index (χ3n) is 4.52. The summed E-state index contributed by atoms with van der Waals surface area (Å²) in [4.78, 5) is 9.41. The Morgan fingerprint density at radius 2 is 2.04 bits per heavy atom. The van der Waals surface area contributed by atoms with E-state index in [0.29, 0.717) is 17.1 Å². The number of benzene rings is 2. The lowest BCUT2D eigenvalue weighted by Crippen LogP contribution is -2.28. The Balaban J connectivity index is 1.48. The van der Waals surface area contributed by atoms with Crippen LogP contribution < -0.4 is 10.6 Å². The van der Waals surface area contributed by atoms with Gasteiger partial charge in [-0.3, -0.25) is 4.99 Å². The van der Waals surface area contributed by atoms with Gasteiger partial charge < -0.3 is 16.0 Å². The molecule has 0 unspecified atom stereocenters. The van der Waals surface area contributed by atoms with Gasteiger partial charge in [-0.1, -0.05) is 54.2 Å². The van der Waals surface area contributed by atoms with Crippen molar-refractivity contribution in [2.45, 2.75) is 13.3 Å². The fraction of sp³-hybridized carbons (Fsp3) is 0.136. The molecule has 0 spiro atoms. The minimum Gasteiger partial charge on any atom is -0.340 e. The van der Waals surface area contributed by atoms with Crippen LogP contribution in [0.15, 0.2) is 82.2 Å². The number of hydrogen-bond donors (Lipinski definition) is 3. The average Bonchev–Trinajstić information content (AvgIpc) is 3.09. The van der Waals surface area contributed by atoms with Crippen molar-refractivity contribution in [2.75, 3.05) is 11.1 Å². The van der Waals surface area contributed by atoms with Gasteiger partial charge in [0.15, 0.2) is 5.17 Å². The molecule has 0 bridgehead atoms. The van der Waals surface area contributed by atoms with Gasteiger partial charge in [0, 0.05) is 35.5 Å². The van der Waals surface area contributed by atoms with Crippen LogP contribution in [0.2, 0.25) is 0 Å². The molecule has 0 saturated heterocycles. The van der Waals surface area contributed by atoms with Gasteiger partial charge in [0.1, 0.15) is 5.82 Å². The largest absolute Gasteiger partial charge is 0.340 e. The smallest absolute Gasteiger partial charge is 0.168 e. The monoisotopic (exact) mass is 387 g/mol. The SMILES string of the molecule is C=C1NC(SCC2=Nc3ccc(C)cc3C2)=NC(Nc2ccccc2)=C1C=N. The van der Waals surface area contributed by atoms with Gasteiger partial charge in [-0.05, 0) is 30.7 Å².